The van der Waals surface area contributed by atoms with Crippen molar-refractivity contribution in [2.45, 2.75) is 69.6 Å². The number of hydrogen-bond donors (Lipinski definition) is 2. The van der Waals surface area contributed by atoms with E-state index in [9.17, 15) is 5.11 Å². The monoisotopic (exact) mass is 279 g/mol. The average Bonchev–Trinajstić information content (AvgIpc) is 2.87. The number of rotatable bonds is 6. The van der Waals surface area contributed by atoms with E-state index in [2.05, 4.69) is 5.32 Å². The van der Waals surface area contributed by atoms with Crippen LogP contribution in [0.1, 0.15) is 51.4 Å². The zero-order valence-corrected chi connectivity index (χ0v) is 12.5. The minimum absolute atomic E-state index is 0.323. The average molecular weight is 279 g/mol. The summed E-state index contributed by atoms with van der Waals surface area (Å²) in [5.74, 6) is 3.94. The highest BCUT2D eigenvalue weighted by Crippen LogP contribution is 2.65. The second-order valence-corrected chi connectivity index (χ2v) is 7.67. The van der Waals surface area contributed by atoms with Crippen LogP contribution in [0.4, 0.5) is 0 Å². The molecule has 20 heavy (non-hydrogen) atoms. The lowest BCUT2D eigenvalue weighted by atomic mass is 9.98. The maximum absolute atomic E-state index is 10.1. The fourth-order valence-electron chi connectivity index (χ4n) is 5.41. The zero-order valence-electron chi connectivity index (χ0n) is 12.5. The minimum atomic E-state index is -0.323. The predicted octanol–water partition coefficient (Wildman–Crippen LogP) is 2.33. The van der Waals surface area contributed by atoms with Gasteiger partial charge < -0.3 is 15.2 Å². The van der Waals surface area contributed by atoms with E-state index in [-0.39, 0.29) is 6.10 Å². The summed E-state index contributed by atoms with van der Waals surface area (Å²) >= 11 is 0. The molecule has 4 aliphatic carbocycles. The maximum atomic E-state index is 10.1. The summed E-state index contributed by atoms with van der Waals surface area (Å²) in [6.07, 6.45) is 10.9. The van der Waals surface area contributed by atoms with Crippen LogP contribution in [0.3, 0.4) is 0 Å². The standard InChI is InChI=1S/C17H29NO2/c19-13(10-20-14-4-2-1-3-5-14)9-18-17-15-11-6-7-12(8-11)16(15)17/h11-19H,1-10H2. The molecule has 0 aromatic rings. The van der Waals surface area contributed by atoms with Gasteiger partial charge in [0, 0.05) is 12.6 Å². The van der Waals surface area contributed by atoms with E-state index in [0.29, 0.717) is 12.7 Å². The maximum Gasteiger partial charge on any atom is 0.0897 e. The van der Waals surface area contributed by atoms with Crippen molar-refractivity contribution >= 4 is 0 Å². The van der Waals surface area contributed by atoms with Crippen molar-refractivity contribution in [2.24, 2.45) is 23.7 Å². The highest BCUT2D eigenvalue weighted by Gasteiger charge is 2.64. The first-order chi connectivity index (χ1) is 9.83. The van der Waals surface area contributed by atoms with E-state index < -0.39 is 0 Å². The molecule has 0 spiro atoms. The lowest BCUT2D eigenvalue weighted by Gasteiger charge is -2.23. The quantitative estimate of drug-likeness (QED) is 0.784. The van der Waals surface area contributed by atoms with E-state index in [1.807, 2.05) is 0 Å². The Morgan fingerprint density at radius 1 is 1.00 bits per heavy atom. The molecule has 0 saturated heterocycles. The molecule has 0 aromatic carbocycles. The minimum Gasteiger partial charge on any atom is -0.389 e. The third-order valence-electron chi connectivity index (χ3n) is 6.40. The molecule has 0 heterocycles. The molecule has 4 aliphatic rings. The Balaban J connectivity index is 1.14. The van der Waals surface area contributed by atoms with Crippen LogP contribution in [0.25, 0.3) is 0 Å². The van der Waals surface area contributed by atoms with Gasteiger partial charge in [-0.15, -0.1) is 0 Å². The van der Waals surface area contributed by atoms with Crippen molar-refractivity contribution in [3.05, 3.63) is 0 Å². The number of fused-ring (bicyclic) bond motifs is 5. The van der Waals surface area contributed by atoms with Crippen molar-refractivity contribution in [1.82, 2.24) is 5.32 Å². The van der Waals surface area contributed by atoms with Crippen molar-refractivity contribution in [1.29, 1.82) is 0 Å². The molecule has 0 amide bonds. The van der Waals surface area contributed by atoms with Crippen molar-refractivity contribution in [3.63, 3.8) is 0 Å². The molecule has 0 radical (unpaired) electrons. The lowest BCUT2D eigenvalue weighted by molar-refractivity contribution is -0.0232. The summed E-state index contributed by atoms with van der Waals surface area (Å²) in [6, 6.07) is 0.727. The summed E-state index contributed by atoms with van der Waals surface area (Å²) in [7, 11) is 0. The molecule has 4 saturated carbocycles. The molecular weight excluding hydrogens is 250 g/mol. The highest BCUT2D eigenvalue weighted by molar-refractivity contribution is 5.16. The first-order valence-corrected chi connectivity index (χ1v) is 8.86. The molecule has 2 bridgehead atoms. The normalized spacial score (nSPS) is 44.5. The summed E-state index contributed by atoms with van der Waals surface area (Å²) < 4.78 is 5.86. The Morgan fingerprint density at radius 2 is 1.70 bits per heavy atom. The molecule has 4 fully saturated rings. The van der Waals surface area contributed by atoms with Crippen LogP contribution >= 0.6 is 0 Å². The first kappa shape index (κ1) is 13.5. The smallest absolute Gasteiger partial charge is 0.0897 e. The third kappa shape index (κ3) is 2.53. The van der Waals surface area contributed by atoms with Gasteiger partial charge >= 0.3 is 0 Å². The largest absolute Gasteiger partial charge is 0.389 e. The molecule has 4 rings (SSSR count). The number of aliphatic hydroxyl groups is 1. The number of aliphatic hydroxyl groups excluding tert-OH is 1. The molecule has 114 valence electrons. The third-order valence-corrected chi connectivity index (χ3v) is 6.40. The molecule has 3 nitrogen and oxygen atoms in total. The second-order valence-electron chi connectivity index (χ2n) is 7.67. The van der Waals surface area contributed by atoms with Crippen molar-refractivity contribution in [2.75, 3.05) is 13.2 Å². The van der Waals surface area contributed by atoms with Gasteiger partial charge in [0.1, 0.15) is 0 Å². The molecule has 5 unspecified atom stereocenters. The van der Waals surface area contributed by atoms with Crippen LogP contribution in [0.15, 0.2) is 0 Å². The van der Waals surface area contributed by atoms with E-state index >= 15 is 0 Å². The Labute approximate surface area is 122 Å². The molecule has 3 heteroatoms. The van der Waals surface area contributed by atoms with Crippen LogP contribution < -0.4 is 5.32 Å². The van der Waals surface area contributed by atoms with E-state index in [1.165, 1.54) is 51.4 Å². The van der Waals surface area contributed by atoms with E-state index in [0.717, 1.165) is 36.3 Å². The van der Waals surface area contributed by atoms with Crippen LogP contribution in [0.5, 0.6) is 0 Å². The summed E-state index contributed by atoms with van der Waals surface area (Å²) in [5, 5.41) is 13.7. The van der Waals surface area contributed by atoms with Gasteiger partial charge in [0.15, 0.2) is 0 Å². The van der Waals surface area contributed by atoms with Crippen LogP contribution in [0.2, 0.25) is 0 Å². The van der Waals surface area contributed by atoms with Crippen LogP contribution in [-0.2, 0) is 4.74 Å². The SMILES string of the molecule is OC(CNC1C2C3CCC(C3)C12)COC1CCCCC1. The zero-order chi connectivity index (χ0) is 13.5. The fourth-order valence-corrected chi connectivity index (χ4v) is 5.41. The van der Waals surface area contributed by atoms with Crippen molar-refractivity contribution < 1.29 is 9.84 Å². The Morgan fingerprint density at radius 3 is 2.40 bits per heavy atom. The van der Waals surface area contributed by atoms with Gasteiger partial charge in [-0.25, -0.2) is 0 Å². The van der Waals surface area contributed by atoms with Gasteiger partial charge in [0.05, 0.1) is 18.8 Å². The van der Waals surface area contributed by atoms with Crippen LogP contribution in [-0.4, -0.2) is 36.5 Å². The molecule has 2 N–H and O–H groups in total. The van der Waals surface area contributed by atoms with Gasteiger partial charge in [-0.3, -0.25) is 0 Å². The van der Waals surface area contributed by atoms with Gasteiger partial charge in [-0.05, 0) is 55.8 Å². The van der Waals surface area contributed by atoms with Crippen LogP contribution in [0, 0.1) is 23.7 Å². The van der Waals surface area contributed by atoms with Crippen molar-refractivity contribution in [3.8, 4) is 0 Å². The van der Waals surface area contributed by atoms with Gasteiger partial charge in [0.2, 0.25) is 0 Å². The van der Waals surface area contributed by atoms with E-state index in [1.54, 1.807) is 0 Å². The Hall–Kier alpha value is -0.120. The Kier molecular flexibility index (Phi) is 3.78. The molecular formula is C17H29NO2. The molecule has 0 aliphatic heterocycles. The highest BCUT2D eigenvalue weighted by atomic mass is 16.5. The lowest BCUT2D eigenvalue weighted by Crippen LogP contribution is -2.35. The summed E-state index contributed by atoms with van der Waals surface area (Å²) in [4.78, 5) is 0. The van der Waals surface area contributed by atoms with E-state index in [4.69, 9.17) is 4.74 Å². The van der Waals surface area contributed by atoms with Gasteiger partial charge in [-0.2, -0.15) is 0 Å². The molecule has 5 atom stereocenters. The second kappa shape index (κ2) is 5.58. The predicted molar refractivity (Wildman–Crippen MR) is 78.4 cm³/mol. The number of nitrogens with one attached hydrogen (secondary N) is 1. The summed E-state index contributed by atoms with van der Waals surface area (Å²) in [6.45, 7) is 1.25. The fraction of sp³-hybridized carbons (Fsp3) is 1.00. The summed E-state index contributed by atoms with van der Waals surface area (Å²) in [5.41, 5.74) is 0. The topological polar surface area (TPSA) is 41.5 Å². The number of hydrogen-bond acceptors (Lipinski definition) is 3. The first-order valence-electron chi connectivity index (χ1n) is 8.86. The Bertz CT molecular complexity index is 326. The number of ether oxygens (including phenoxy) is 1. The van der Waals surface area contributed by atoms with Gasteiger partial charge in [0.25, 0.3) is 0 Å². The molecule has 0 aromatic heterocycles. The van der Waals surface area contributed by atoms with Gasteiger partial charge in [-0.1, -0.05) is 19.3 Å².